The lowest BCUT2D eigenvalue weighted by Crippen LogP contribution is -2.69. The molecule has 0 aliphatic heterocycles. The van der Waals surface area contributed by atoms with E-state index in [1.165, 1.54) is 6.92 Å². The Morgan fingerprint density at radius 2 is 1.23 bits per heavy atom. The van der Waals surface area contributed by atoms with Gasteiger partial charge in [-0.05, 0) is 12.8 Å². The topological polar surface area (TPSA) is 121 Å². The van der Waals surface area contributed by atoms with E-state index < -0.39 is 97.3 Å². The number of hydrogen-bond acceptors (Lipinski definition) is 5. The first kappa shape index (κ1) is 37.0. The molecule has 8 nitrogen and oxygen atoms in total. The van der Waals surface area contributed by atoms with E-state index in [9.17, 15) is 71.9 Å². The van der Waals surface area contributed by atoms with Gasteiger partial charge in [-0.1, -0.05) is 20.8 Å². The Labute approximate surface area is 217 Å². The molecule has 0 rings (SSSR count). The lowest BCUT2D eigenvalue weighted by atomic mass is 9.78. The van der Waals surface area contributed by atoms with Crippen molar-refractivity contribution in [3.63, 3.8) is 0 Å². The molecule has 0 saturated carbocycles. The van der Waals surface area contributed by atoms with Gasteiger partial charge in [-0.25, -0.2) is 8.78 Å². The summed E-state index contributed by atoms with van der Waals surface area (Å²) in [6.07, 6.45) is -6.71. The molecule has 0 aromatic rings. The number of ether oxygens (including phenoxy) is 1. The minimum Gasteiger partial charge on any atom is -0.480 e. The number of alkyl halides is 12. The molecular formula is C20H23F12NO7. The summed E-state index contributed by atoms with van der Waals surface area (Å²) in [4.78, 5) is 47.1. The molecule has 1 amide bonds. The standard InChI is InChI=1S/C20H23F12NO7/c1-4-15(3,14(39)33(6-10(34)35)7-11(36)37)5-9(2)12(38)40-8-16(23,24)18(27,28)20(31,32)19(29,30)17(25,26)13(21)22/h9,13H,4-8H2,1-3H3,(H,34,35)(H,36,37). The molecule has 0 heterocycles. The minimum atomic E-state index is -7.80. The van der Waals surface area contributed by atoms with Crippen molar-refractivity contribution >= 4 is 23.8 Å². The summed E-state index contributed by atoms with van der Waals surface area (Å²) in [5.74, 6) is -44.9. The summed E-state index contributed by atoms with van der Waals surface area (Å²) in [6, 6.07) is 0. The van der Waals surface area contributed by atoms with Gasteiger partial charge < -0.3 is 19.8 Å². The molecular weight excluding hydrogens is 594 g/mol. The fourth-order valence-corrected chi connectivity index (χ4v) is 3.22. The molecule has 0 aromatic heterocycles. The van der Waals surface area contributed by atoms with Crippen molar-refractivity contribution in [1.29, 1.82) is 0 Å². The molecule has 2 unspecified atom stereocenters. The normalized spacial score (nSPS) is 15.8. The SMILES string of the molecule is CCC(C)(CC(C)C(=O)OCC(F)(F)C(F)(F)C(F)(F)C(F)(F)C(F)(F)C(F)F)C(=O)N(CC(=O)O)CC(=O)O. The van der Waals surface area contributed by atoms with E-state index in [2.05, 4.69) is 4.74 Å². The number of carboxylic acids is 2. The summed E-state index contributed by atoms with van der Waals surface area (Å²) in [6.45, 7) is -2.25. The fraction of sp³-hybridized carbons (Fsp3) is 0.800. The highest BCUT2D eigenvalue weighted by Crippen LogP contribution is 2.58. The summed E-state index contributed by atoms with van der Waals surface area (Å²) in [5, 5.41) is 17.7. The van der Waals surface area contributed by atoms with Crippen LogP contribution in [0.2, 0.25) is 0 Å². The van der Waals surface area contributed by atoms with Gasteiger partial charge in [0.15, 0.2) is 6.61 Å². The van der Waals surface area contributed by atoms with Gasteiger partial charge in [-0.15, -0.1) is 0 Å². The minimum absolute atomic E-state index is 0.271. The second-order valence-electron chi connectivity index (χ2n) is 8.93. The van der Waals surface area contributed by atoms with Crippen molar-refractivity contribution < 1.29 is 86.8 Å². The summed E-state index contributed by atoms with van der Waals surface area (Å²) >= 11 is 0. The van der Waals surface area contributed by atoms with Gasteiger partial charge in [0, 0.05) is 5.41 Å². The van der Waals surface area contributed by atoms with Crippen LogP contribution in [0.4, 0.5) is 52.7 Å². The van der Waals surface area contributed by atoms with Crippen LogP contribution in [0, 0.1) is 11.3 Å². The zero-order valence-corrected chi connectivity index (χ0v) is 20.6. The third kappa shape index (κ3) is 7.21. The Morgan fingerprint density at radius 1 is 0.800 bits per heavy atom. The first-order chi connectivity index (χ1) is 17.7. The average Bonchev–Trinajstić information content (AvgIpc) is 2.80. The maximum Gasteiger partial charge on any atom is 0.384 e. The Balaban J connectivity index is 5.86. The number of rotatable bonds is 16. The number of nitrogens with zero attached hydrogens (tertiary/aromatic N) is 1. The van der Waals surface area contributed by atoms with Gasteiger partial charge in [0.2, 0.25) is 5.91 Å². The smallest absolute Gasteiger partial charge is 0.384 e. The van der Waals surface area contributed by atoms with Crippen LogP contribution < -0.4 is 0 Å². The molecule has 0 aliphatic carbocycles. The van der Waals surface area contributed by atoms with E-state index in [0.717, 1.165) is 13.8 Å². The lowest BCUT2D eigenvalue weighted by Gasteiger charge is -2.39. The molecule has 20 heteroatoms. The molecule has 0 bridgehead atoms. The Kier molecular flexibility index (Phi) is 11.4. The van der Waals surface area contributed by atoms with E-state index in [-0.39, 0.29) is 6.42 Å². The van der Waals surface area contributed by atoms with Crippen LogP contribution >= 0.6 is 0 Å². The first-order valence-electron chi connectivity index (χ1n) is 10.7. The van der Waals surface area contributed by atoms with Crippen LogP contribution in [-0.4, -0.2) is 94.7 Å². The van der Waals surface area contributed by atoms with E-state index in [1.807, 2.05) is 0 Å². The summed E-state index contributed by atoms with van der Waals surface area (Å²) in [7, 11) is 0. The summed E-state index contributed by atoms with van der Waals surface area (Å²) in [5.41, 5.74) is -1.83. The number of amides is 1. The number of carbonyl (C=O) groups is 4. The molecule has 0 spiro atoms. The van der Waals surface area contributed by atoms with E-state index in [1.54, 1.807) is 0 Å². The molecule has 40 heavy (non-hydrogen) atoms. The first-order valence-corrected chi connectivity index (χ1v) is 10.7. The van der Waals surface area contributed by atoms with Crippen LogP contribution in [0.1, 0.15) is 33.6 Å². The predicted octanol–water partition coefficient (Wildman–Crippen LogP) is 4.41. The maximum absolute atomic E-state index is 13.9. The van der Waals surface area contributed by atoms with Crippen LogP contribution in [0.25, 0.3) is 0 Å². The van der Waals surface area contributed by atoms with Gasteiger partial charge in [0.25, 0.3) is 0 Å². The third-order valence-electron chi connectivity index (χ3n) is 5.73. The molecule has 0 fully saturated rings. The van der Waals surface area contributed by atoms with Crippen LogP contribution in [-0.2, 0) is 23.9 Å². The van der Waals surface area contributed by atoms with Crippen LogP contribution in [0.3, 0.4) is 0 Å². The van der Waals surface area contributed by atoms with Crippen molar-refractivity contribution in [2.24, 2.45) is 11.3 Å². The number of halogens is 12. The maximum atomic E-state index is 13.9. The molecule has 2 N–H and O–H groups in total. The van der Waals surface area contributed by atoms with Gasteiger partial charge in [0.05, 0.1) is 5.92 Å². The van der Waals surface area contributed by atoms with Gasteiger partial charge in [-0.2, -0.15) is 43.9 Å². The number of carboxylic acid groups (broad SMARTS) is 2. The van der Waals surface area contributed by atoms with Gasteiger partial charge in [-0.3, -0.25) is 19.2 Å². The Hall–Kier alpha value is -2.96. The third-order valence-corrected chi connectivity index (χ3v) is 5.73. The van der Waals surface area contributed by atoms with Gasteiger partial charge >= 0.3 is 53.9 Å². The van der Waals surface area contributed by atoms with Crippen LogP contribution in [0.5, 0.6) is 0 Å². The predicted molar refractivity (Wildman–Crippen MR) is 106 cm³/mol. The number of carbonyl (C=O) groups excluding carboxylic acids is 2. The van der Waals surface area contributed by atoms with Crippen molar-refractivity contribution in [3.05, 3.63) is 0 Å². The fourth-order valence-electron chi connectivity index (χ4n) is 3.22. The molecule has 2 atom stereocenters. The van der Waals surface area contributed by atoms with Crippen molar-refractivity contribution in [3.8, 4) is 0 Å². The summed E-state index contributed by atoms with van der Waals surface area (Å²) < 4.78 is 163. The molecule has 234 valence electrons. The second kappa shape index (κ2) is 12.3. The van der Waals surface area contributed by atoms with Crippen LogP contribution in [0.15, 0.2) is 0 Å². The second-order valence-corrected chi connectivity index (χ2v) is 8.93. The quantitative estimate of drug-likeness (QED) is 0.195. The van der Waals surface area contributed by atoms with E-state index in [4.69, 9.17) is 10.2 Å². The Bertz CT molecular complexity index is 944. The molecule has 0 saturated heterocycles. The number of hydrogen-bond donors (Lipinski definition) is 2. The lowest BCUT2D eigenvalue weighted by molar-refractivity contribution is -0.414. The highest BCUT2D eigenvalue weighted by atomic mass is 19.4. The highest BCUT2D eigenvalue weighted by molar-refractivity contribution is 5.89. The Morgan fingerprint density at radius 3 is 1.57 bits per heavy atom. The van der Waals surface area contributed by atoms with Crippen molar-refractivity contribution in [2.75, 3.05) is 19.7 Å². The molecule has 0 aliphatic rings. The molecule has 0 aromatic carbocycles. The average molecular weight is 617 g/mol. The van der Waals surface area contributed by atoms with Gasteiger partial charge in [0.1, 0.15) is 13.1 Å². The number of esters is 1. The zero-order valence-electron chi connectivity index (χ0n) is 20.6. The largest absolute Gasteiger partial charge is 0.480 e. The van der Waals surface area contributed by atoms with E-state index in [0.29, 0.717) is 4.90 Å². The molecule has 0 radical (unpaired) electrons. The van der Waals surface area contributed by atoms with Crippen molar-refractivity contribution in [2.45, 2.75) is 69.7 Å². The van der Waals surface area contributed by atoms with Crippen molar-refractivity contribution in [1.82, 2.24) is 4.90 Å². The van der Waals surface area contributed by atoms with E-state index >= 15 is 0 Å². The zero-order chi connectivity index (χ0) is 32.3. The number of aliphatic carboxylic acids is 2. The monoisotopic (exact) mass is 617 g/mol. The highest BCUT2D eigenvalue weighted by Gasteiger charge is 2.87.